The summed E-state index contributed by atoms with van der Waals surface area (Å²) in [5.74, 6) is 0.245. The molecule has 2 nitrogen and oxygen atoms in total. The van der Waals surface area contributed by atoms with Gasteiger partial charge in [-0.15, -0.1) is 6.58 Å². The third-order valence-corrected chi connectivity index (χ3v) is 2.77. The number of carbonyl (C=O) groups excluding carboxylic acids is 1. The Balaban J connectivity index is 2.31. The zero-order valence-corrected chi connectivity index (χ0v) is 9.22. The van der Waals surface area contributed by atoms with Gasteiger partial charge < -0.3 is 4.74 Å². The van der Waals surface area contributed by atoms with Crippen LogP contribution in [0, 0.1) is 5.92 Å². The third kappa shape index (κ3) is 1.91. The van der Waals surface area contributed by atoms with Crippen molar-refractivity contribution in [3.63, 3.8) is 0 Å². The van der Waals surface area contributed by atoms with Gasteiger partial charge in [0.25, 0.3) is 0 Å². The molecule has 0 N–H and O–H groups in total. The maximum Gasteiger partial charge on any atom is 0.318 e. The van der Waals surface area contributed by atoms with Gasteiger partial charge >= 0.3 is 5.97 Å². The summed E-state index contributed by atoms with van der Waals surface area (Å²) in [5.41, 5.74) is 1.09. The van der Waals surface area contributed by atoms with E-state index in [4.69, 9.17) is 4.74 Å². The molecule has 1 aliphatic heterocycles. The van der Waals surface area contributed by atoms with E-state index >= 15 is 0 Å². The average molecular weight is 214 g/mol. The van der Waals surface area contributed by atoms with E-state index < -0.39 is 0 Å². The van der Waals surface area contributed by atoms with Gasteiger partial charge in [0.15, 0.2) is 0 Å². The zero-order valence-electron chi connectivity index (χ0n) is 9.22. The van der Waals surface area contributed by atoms with Gasteiger partial charge in [-0.3, -0.25) is 4.79 Å². The predicted octanol–water partition coefficient (Wildman–Crippen LogP) is 3.03. The summed E-state index contributed by atoms with van der Waals surface area (Å²) in [6.45, 7) is 5.60. The standard InChI is InChI=1S/C14H14O2/c1-3-12(11-7-5-4-6-8-11)13-9-10(2)16-14(13)15/h3-9,12-13H,1H2,2H3/t12-,13?/m0/s1. The largest absolute Gasteiger partial charge is 0.431 e. The highest BCUT2D eigenvalue weighted by molar-refractivity contribution is 5.79. The topological polar surface area (TPSA) is 26.3 Å². The Kier molecular flexibility index (Phi) is 2.91. The van der Waals surface area contributed by atoms with E-state index in [2.05, 4.69) is 6.58 Å². The molecule has 16 heavy (non-hydrogen) atoms. The fourth-order valence-electron chi connectivity index (χ4n) is 2.00. The van der Waals surface area contributed by atoms with Crippen molar-refractivity contribution in [1.82, 2.24) is 0 Å². The second-order valence-electron chi connectivity index (χ2n) is 3.90. The highest BCUT2D eigenvalue weighted by Crippen LogP contribution is 2.32. The molecule has 1 aromatic rings. The van der Waals surface area contributed by atoms with E-state index in [-0.39, 0.29) is 17.8 Å². The van der Waals surface area contributed by atoms with E-state index in [1.165, 1.54) is 0 Å². The van der Waals surface area contributed by atoms with E-state index in [0.717, 1.165) is 5.56 Å². The fourth-order valence-corrected chi connectivity index (χ4v) is 2.00. The summed E-state index contributed by atoms with van der Waals surface area (Å²) in [6.07, 6.45) is 3.66. The Bertz CT molecular complexity index is 431. The molecule has 0 amide bonds. The highest BCUT2D eigenvalue weighted by atomic mass is 16.5. The number of carbonyl (C=O) groups is 1. The summed E-state index contributed by atoms with van der Waals surface area (Å²) >= 11 is 0. The summed E-state index contributed by atoms with van der Waals surface area (Å²) in [7, 11) is 0. The molecule has 0 spiro atoms. The number of benzene rings is 1. The van der Waals surface area contributed by atoms with Crippen LogP contribution in [0.4, 0.5) is 0 Å². The average Bonchev–Trinajstić information content (AvgIpc) is 2.61. The fraction of sp³-hybridized carbons (Fsp3) is 0.214. The molecule has 0 fully saturated rings. The summed E-state index contributed by atoms with van der Waals surface area (Å²) < 4.78 is 5.05. The molecule has 0 aliphatic carbocycles. The van der Waals surface area contributed by atoms with E-state index in [9.17, 15) is 4.79 Å². The number of allylic oxidation sites excluding steroid dienone is 2. The van der Waals surface area contributed by atoms with Crippen molar-refractivity contribution in [2.45, 2.75) is 12.8 Å². The van der Waals surface area contributed by atoms with Crippen LogP contribution in [0.3, 0.4) is 0 Å². The van der Waals surface area contributed by atoms with Crippen LogP contribution in [-0.2, 0) is 9.53 Å². The van der Waals surface area contributed by atoms with Crippen LogP contribution in [0.1, 0.15) is 18.4 Å². The Labute approximate surface area is 95.2 Å². The lowest BCUT2D eigenvalue weighted by Crippen LogP contribution is -2.16. The van der Waals surface area contributed by atoms with Gasteiger partial charge in [-0.1, -0.05) is 36.4 Å². The van der Waals surface area contributed by atoms with Crippen molar-refractivity contribution in [1.29, 1.82) is 0 Å². The minimum Gasteiger partial charge on any atom is -0.431 e. The first-order valence-electron chi connectivity index (χ1n) is 5.30. The van der Waals surface area contributed by atoms with Crippen molar-refractivity contribution in [3.05, 3.63) is 60.4 Å². The lowest BCUT2D eigenvalue weighted by molar-refractivity contribution is -0.140. The monoisotopic (exact) mass is 214 g/mol. The smallest absolute Gasteiger partial charge is 0.318 e. The summed E-state index contributed by atoms with van der Waals surface area (Å²) in [4.78, 5) is 11.6. The minimum absolute atomic E-state index is 0.00819. The number of esters is 1. The predicted molar refractivity (Wildman–Crippen MR) is 62.7 cm³/mol. The van der Waals surface area contributed by atoms with Crippen molar-refractivity contribution >= 4 is 5.97 Å². The summed E-state index contributed by atoms with van der Waals surface area (Å²) in [5, 5.41) is 0. The molecular weight excluding hydrogens is 200 g/mol. The quantitative estimate of drug-likeness (QED) is 0.571. The molecule has 1 heterocycles. The second-order valence-corrected chi connectivity index (χ2v) is 3.90. The number of ether oxygens (including phenoxy) is 1. The Hall–Kier alpha value is -1.83. The zero-order chi connectivity index (χ0) is 11.5. The Morgan fingerprint density at radius 3 is 2.56 bits per heavy atom. The van der Waals surface area contributed by atoms with Gasteiger partial charge in [-0.05, 0) is 18.6 Å². The molecule has 0 saturated heterocycles. The van der Waals surface area contributed by atoms with Crippen LogP contribution in [-0.4, -0.2) is 5.97 Å². The molecule has 1 unspecified atom stereocenters. The lowest BCUT2D eigenvalue weighted by atomic mass is 9.86. The van der Waals surface area contributed by atoms with E-state index in [0.29, 0.717) is 5.76 Å². The maximum atomic E-state index is 11.6. The SMILES string of the molecule is C=C[C@@H](c1ccccc1)C1C=C(C)OC1=O. The van der Waals surface area contributed by atoms with Gasteiger partial charge in [0.05, 0.1) is 5.92 Å². The summed E-state index contributed by atoms with van der Waals surface area (Å²) in [6, 6.07) is 9.88. The van der Waals surface area contributed by atoms with E-state index in [1.54, 1.807) is 13.0 Å². The molecule has 0 radical (unpaired) electrons. The molecule has 2 rings (SSSR count). The van der Waals surface area contributed by atoms with Crippen LogP contribution in [0.5, 0.6) is 0 Å². The normalized spacial score (nSPS) is 21.2. The number of hydrogen-bond acceptors (Lipinski definition) is 2. The van der Waals surface area contributed by atoms with Crippen LogP contribution < -0.4 is 0 Å². The molecule has 82 valence electrons. The first-order valence-corrected chi connectivity index (χ1v) is 5.30. The number of rotatable bonds is 3. The second kappa shape index (κ2) is 4.35. The number of cyclic esters (lactones) is 1. The van der Waals surface area contributed by atoms with Gasteiger partial charge in [-0.25, -0.2) is 0 Å². The first kappa shape index (κ1) is 10.7. The Morgan fingerprint density at radius 1 is 1.38 bits per heavy atom. The highest BCUT2D eigenvalue weighted by Gasteiger charge is 2.31. The van der Waals surface area contributed by atoms with Gasteiger partial charge in [0, 0.05) is 5.92 Å². The maximum absolute atomic E-state index is 11.6. The van der Waals surface area contributed by atoms with Crippen LogP contribution in [0.25, 0.3) is 0 Å². The van der Waals surface area contributed by atoms with Crippen LogP contribution >= 0.6 is 0 Å². The van der Waals surface area contributed by atoms with Crippen molar-refractivity contribution in [3.8, 4) is 0 Å². The molecule has 1 aromatic carbocycles. The molecular formula is C14H14O2. The molecule has 2 heteroatoms. The van der Waals surface area contributed by atoms with Crippen molar-refractivity contribution in [2.24, 2.45) is 5.92 Å². The first-order chi connectivity index (χ1) is 7.72. The molecule has 1 aliphatic rings. The third-order valence-electron chi connectivity index (χ3n) is 2.77. The molecule has 0 aromatic heterocycles. The van der Waals surface area contributed by atoms with Crippen molar-refractivity contribution in [2.75, 3.05) is 0 Å². The molecule has 0 bridgehead atoms. The minimum atomic E-state index is -0.236. The van der Waals surface area contributed by atoms with Gasteiger partial charge in [-0.2, -0.15) is 0 Å². The van der Waals surface area contributed by atoms with Crippen LogP contribution in [0.15, 0.2) is 54.8 Å². The van der Waals surface area contributed by atoms with Gasteiger partial charge in [0.1, 0.15) is 5.76 Å². The molecule has 2 atom stereocenters. The van der Waals surface area contributed by atoms with Crippen LogP contribution in [0.2, 0.25) is 0 Å². The van der Waals surface area contributed by atoms with Gasteiger partial charge in [0.2, 0.25) is 0 Å². The van der Waals surface area contributed by atoms with Crippen molar-refractivity contribution < 1.29 is 9.53 Å². The molecule has 0 saturated carbocycles. The Morgan fingerprint density at radius 2 is 2.06 bits per heavy atom. The van der Waals surface area contributed by atoms with E-state index in [1.807, 2.05) is 36.4 Å². The lowest BCUT2D eigenvalue weighted by Gasteiger charge is -2.15. The number of hydrogen-bond donors (Lipinski definition) is 0.